The lowest BCUT2D eigenvalue weighted by atomic mass is 9.76. The first kappa shape index (κ1) is 27.2. The lowest BCUT2D eigenvalue weighted by Crippen LogP contribution is -2.31. The number of carboxylic acids is 1. The average molecular weight is 632 g/mol. The zero-order valence-corrected chi connectivity index (χ0v) is 24.2. The maximum atomic E-state index is 13.3. The fourth-order valence-corrected chi connectivity index (χ4v) is 6.84. The third kappa shape index (κ3) is 4.05. The smallest absolute Gasteiger partial charge is 0.340 e. The largest absolute Gasteiger partial charge is 0.506 e. The SMILES string of the molecule is CCc1cc(C2(c3cc(CC)c(CC)c(Br)c3O)OC(=O)c3cc(C(=O)O)ccc32)c(O)c(Br)c1CC. The number of rotatable bonds is 7. The maximum absolute atomic E-state index is 13.3. The second-order valence-corrected chi connectivity index (χ2v) is 10.6. The van der Waals surface area contributed by atoms with Crippen molar-refractivity contribution in [2.45, 2.75) is 59.0 Å². The van der Waals surface area contributed by atoms with Crippen LogP contribution in [0, 0.1) is 0 Å². The molecule has 194 valence electrons. The van der Waals surface area contributed by atoms with Crippen LogP contribution in [0.1, 0.15) is 87.4 Å². The molecule has 8 heteroatoms. The van der Waals surface area contributed by atoms with Gasteiger partial charge in [-0.1, -0.05) is 33.8 Å². The first-order valence-electron chi connectivity index (χ1n) is 12.3. The Balaban J connectivity index is 2.21. The molecule has 0 amide bonds. The molecule has 4 rings (SSSR count). The van der Waals surface area contributed by atoms with Crippen molar-refractivity contribution in [3.05, 3.63) is 89.3 Å². The Morgan fingerprint density at radius 1 is 0.811 bits per heavy atom. The van der Waals surface area contributed by atoms with E-state index in [0.29, 0.717) is 40.2 Å². The van der Waals surface area contributed by atoms with E-state index < -0.39 is 17.5 Å². The van der Waals surface area contributed by atoms with Crippen molar-refractivity contribution in [2.75, 3.05) is 0 Å². The number of aromatic carboxylic acids is 1. The Kier molecular flexibility index (Phi) is 7.45. The number of carbonyl (C=O) groups is 2. The number of aromatic hydroxyl groups is 2. The number of cyclic esters (lactones) is 1. The number of carbonyl (C=O) groups excluding carboxylic acids is 1. The second kappa shape index (κ2) is 10.1. The Morgan fingerprint density at radius 3 is 1.70 bits per heavy atom. The molecule has 0 saturated heterocycles. The molecular formula is C29H28Br2O6. The molecule has 1 heterocycles. The number of phenols is 2. The summed E-state index contributed by atoms with van der Waals surface area (Å²) in [7, 11) is 0. The van der Waals surface area contributed by atoms with Gasteiger partial charge in [0, 0.05) is 16.7 Å². The van der Waals surface area contributed by atoms with E-state index in [0.717, 1.165) is 22.3 Å². The minimum atomic E-state index is -1.71. The summed E-state index contributed by atoms with van der Waals surface area (Å²) < 4.78 is 7.14. The van der Waals surface area contributed by atoms with Crippen LogP contribution in [0.2, 0.25) is 0 Å². The number of fused-ring (bicyclic) bond motifs is 1. The summed E-state index contributed by atoms with van der Waals surface area (Å²) in [5.74, 6) is -2.12. The van der Waals surface area contributed by atoms with E-state index in [1.807, 2.05) is 39.8 Å². The van der Waals surface area contributed by atoms with Crippen molar-refractivity contribution in [3.8, 4) is 11.5 Å². The van der Waals surface area contributed by atoms with E-state index in [1.54, 1.807) is 0 Å². The van der Waals surface area contributed by atoms with E-state index in [9.17, 15) is 24.9 Å². The fraction of sp³-hybridized carbons (Fsp3) is 0.310. The van der Waals surface area contributed by atoms with Gasteiger partial charge in [-0.2, -0.15) is 0 Å². The fourth-order valence-electron chi connectivity index (χ4n) is 5.34. The number of ether oxygens (including phenoxy) is 1. The highest BCUT2D eigenvalue weighted by molar-refractivity contribution is 9.11. The molecule has 0 spiro atoms. The van der Waals surface area contributed by atoms with Gasteiger partial charge in [-0.25, -0.2) is 9.59 Å². The molecule has 0 unspecified atom stereocenters. The third-order valence-corrected chi connectivity index (χ3v) is 8.92. The summed E-state index contributed by atoms with van der Waals surface area (Å²) in [6.45, 7) is 7.99. The van der Waals surface area contributed by atoms with Gasteiger partial charge < -0.3 is 20.1 Å². The second-order valence-electron chi connectivity index (χ2n) is 9.00. The number of halogens is 2. The maximum Gasteiger partial charge on any atom is 0.340 e. The van der Waals surface area contributed by atoms with Crippen LogP contribution >= 0.6 is 31.9 Å². The van der Waals surface area contributed by atoms with E-state index in [-0.39, 0.29) is 33.8 Å². The van der Waals surface area contributed by atoms with E-state index in [4.69, 9.17) is 4.74 Å². The van der Waals surface area contributed by atoms with Gasteiger partial charge in [0.25, 0.3) is 0 Å². The molecule has 37 heavy (non-hydrogen) atoms. The Labute approximate surface area is 232 Å². The van der Waals surface area contributed by atoms with E-state index in [2.05, 4.69) is 31.9 Å². The van der Waals surface area contributed by atoms with Gasteiger partial charge in [0.2, 0.25) is 0 Å². The zero-order valence-electron chi connectivity index (χ0n) is 21.0. The molecule has 0 atom stereocenters. The predicted molar refractivity (Wildman–Crippen MR) is 148 cm³/mol. The number of hydrogen-bond acceptors (Lipinski definition) is 5. The predicted octanol–water partition coefficient (Wildman–Crippen LogP) is 7.03. The molecule has 6 nitrogen and oxygen atoms in total. The van der Waals surface area contributed by atoms with Gasteiger partial charge in [-0.3, -0.25) is 0 Å². The molecule has 1 aliphatic rings. The van der Waals surface area contributed by atoms with Gasteiger partial charge in [0.15, 0.2) is 5.60 Å². The summed E-state index contributed by atoms with van der Waals surface area (Å²) >= 11 is 7.11. The Bertz CT molecular complexity index is 1380. The van der Waals surface area contributed by atoms with Crippen LogP contribution in [0.4, 0.5) is 0 Å². The van der Waals surface area contributed by atoms with Crippen molar-refractivity contribution in [2.24, 2.45) is 0 Å². The molecule has 0 saturated carbocycles. The first-order chi connectivity index (χ1) is 17.6. The molecule has 0 aromatic heterocycles. The van der Waals surface area contributed by atoms with Gasteiger partial charge >= 0.3 is 11.9 Å². The topological polar surface area (TPSA) is 104 Å². The van der Waals surface area contributed by atoms with E-state index >= 15 is 0 Å². The number of phenolic OH excluding ortho intramolecular Hbond substituents is 2. The highest BCUT2D eigenvalue weighted by atomic mass is 79.9. The molecule has 0 fully saturated rings. The molecule has 3 aromatic carbocycles. The number of hydrogen-bond donors (Lipinski definition) is 3. The molecule has 0 radical (unpaired) electrons. The van der Waals surface area contributed by atoms with Gasteiger partial charge in [-0.05, 0) is 104 Å². The number of esters is 1. The van der Waals surface area contributed by atoms with Gasteiger partial charge in [0.1, 0.15) is 11.5 Å². The van der Waals surface area contributed by atoms with Crippen molar-refractivity contribution in [3.63, 3.8) is 0 Å². The third-order valence-electron chi connectivity index (χ3n) is 7.21. The standard InChI is InChI=1S/C29H28Br2O6/c1-5-14-12-21(25(32)23(30)17(14)7-3)29(22-13-15(6-2)18(8-4)24(31)26(22)33)20-10-9-16(27(34)35)11-19(20)28(36)37-29/h9-13,32-33H,5-8H2,1-4H3,(H,34,35). The summed E-state index contributed by atoms with van der Waals surface area (Å²) in [4.78, 5) is 25.0. The van der Waals surface area contributed by atoms with Crippen LogP contribution in [-0.2, 0) is 36.0 Å². The Morgan fingerprint density at radius 2 is 1.30 bits per heavy atom. The van der Waals surface area contributed by atoms with Crippen molar-refractivity contribution in [1.29, 1.82) is 0 Å². The van der Waals surface area contributed by atoms with Crippen LogP contribution < -0.4 is 0 Å². The zero-order chi connectivity index (χ0) is 27.2. The van der Waals surface area contributed by atoms with E-state index in [1.165, 1.54) is 18.2 Å². The Hall–Kier alpha value is -2.84. The average Bonchev–Trinajstić information content (AvgIpc) is 3.18. The normalized spacial score (nSPS) is 13.9. The summed E-state index contributed by atoms with van der Waals surface area (Å²) in [6, 6.07) is 7.85. The minimum absolute atomic E-state index is 0.0616. The van der Waals surface area contributed by atoms with Crippen LogP contribution in [0.15, 0.2) is 39.3 Å². The molecule has 0 aliphatic carbocycles. The van der Waals surface area contributed by atoms with Crippen molar-refractivity contribution in [1.82, 2.24) is 0 Å². The summed E-state index contributed by atoms with van der Waals surface area (Å²) in [5, 5.41) is 32.6. The molecule has 1 aliphatic heterocycles. The molecular weight excluding hydrogens is 604 g/mol. The van der Waals surface area contributed by atoms with Gasteiger partial charge in [0.05, 0.1) is 20.1 Å². The van der Waals surface area contributed by atoms with Crippen LogP contribution in [0.5, 0.6) is 11.5 Å². The number of benzene rings is 3. The van der Waals surface area contributed by atoms with Crippen LogP contribution in [-0.4, -0.2) is 27.3 Å². The minimum Gasteiger partial charge on any atom is -0.506 e. The monoisotopic (exact) mass is 630 g/mol. The lowest BCUT2D eigenvalue weighted by molar-refractivity contribution is 0.0238. The van der Waals surface area contributed by atoms with Crippen molar-refractivity contribution < 1.29 is 29.6 Å². The highest BCUT2D eigenvalue weighted by Crippen LogP contribution is 2.55. The van der Waals surface area contributed by atoms with Gasteiger partial charge in [-0.15, -0.1) is 0 Å². The van der Waals surface area contributed by atoms with Crippen molar-refractivity contribution >= 4 is 43.8 Å². The molecule has 3 N–H and O–H groups in total. The first-order valence-corrected chi connectivity index (χ1v) is 13.8. The molecule has 3 aromatic rings. The summed E-state index contributed by atoms with van der Waals surface area (Å²) in [6.07, 6.45) is 2.67. The van der Waals surface area contributed by atoms with Crippen LogP contribution in [0.3, 0.4) is 0 Å². The number of carboxylic acid groups (broad SMARTS) is 1. The summed E-state index contributed by atoms with van der Waals surface area (Å²) in [5.41, 5.74) is 3.00. The quantitative estimate of drug-likeness (QED) is 0.242. The highest BCUT2D eigenvalue weighted by Gasteiger charge is 2.52. The van der Waals surface area contributed by atoms with Crippen LogP contribution in [0.25, 0.3) is 0 Å². The number of aryl methyl sites for hydroxylation is 2. The lowest BCUT2D eigenvalue weighted by Gasteiger charge is -2.33. The molecule has 0 bridgehead atoms.